The second-order valence-electron chi connectivity index (χ2n) is 11.1. The van der Waals surface area contributed by atoms with Crippen LogP contribution in [0.3, 0.4) is 0 Å². The number of rotatable bonds is 11. The number of aromatic nitrogens is 5. The monoisotopic (exact) mass is 605 g/mol. The summed E-state index contributed by atoms with van der Waals surface area (Å²) in [6.45, 7) is 9.85. The first-order chi connectivity index (χ1) is 21.4. The normalized spacial score (nSPS) is 12.0. The van der Waals surface area contributed by atoms with E-state index in [4.69, 9.17) is 14.6 Å². The molecule has 3 heterocycles. The summed E-state index contributed by atoms with van der Waals surface area (Å²) in [5, 5.41) is 9.49. The number of ether oxygens (including phenoxy) is 2. The average Bonchev–Trinajstić information content (AvgIpc) is 3.72. The molecule has 6 aromatic rings. The molecule has 0 unspecified atom stereocenters. The van der Waals surface area contributed by atoms with Crippen LogP contribution in [0.1, 0.15) is 44.7 Å². The minimum absolute atomic E-state index is 0.213. The van der Waals surface area contributed by atoms with Crippen molar-refractivity contribution in [3.05, 3.63) is 105 Å². The minimum atomic E-state index is -0.213. The van der Waals surface area contributed by atoms with Crippen molar-refractivity contribution in [2.24, 2.45) is 5.92 Å². The molecule has 0 aliphatic heterocycles. The Morgan fingerprint density at radius 3 is 2.41 bits per heavy atom. The number of hydrogen-bond acceptors (Lipinski definition) is 7. The molecule has 224 valence electrons. The zero-order valence-electron chi connectivity index (χ0n) is 25.4. The Morgan fingerprint density at radius 2 is 1.70 bits per heavy atom. The first-order valence-corrected chi connectivity index (χ1v) is 15.7. The molecule has 44 heavy (non-hydrogen) atoms. The predicted molar refractivity (Wildman–Crippen MR) is 176 cm³/mol. The highest BCUT2D eigenvalue weighted by atomic mass is 32.1. The molecule has 6 rings (SSSR count). The third-order valence-electron chi connectivity index (χ3n) is 7.22. The lowest BCUT2D eigenvalue weighted by atomic mass is 10.0. The molecule has 0 saturated carbocycles. The maximum absolute atomic E-state index is 13.5. The molecule has 3 aromatic carbocycles. The van der Waals surface area contributed by atoms with Crippen molar-refractivity contribution in [1.82, 2.24) is 24.4 Å². The lowest BCUT2D eigenvalue weighted by molar-refractivity contribution is 0.288. The van der Waals surface area contributed by atoms with E-state index in [9.17, 15) is 4.79 Å². The molecule has 0 aliphatic rings. The third-order valence-corrected chi connectivity index (χ3v) is 8.18. The van der Waals surface area contributed by atoms with Crippen LogP contribution >= 0.6 is 11.3 Å². The van der Waals surface area contributed by atoms with Crippen molar-refractivity contribution in [1.29, 1.82) is 0 Å². The fourth-order valence-electron chi connectivity index (χ4n) is 4.81. The van der Waals surface area contributed by atoms with Gasteiger partial charge in [0.2, 0.25) is 4.96 Å². The van der Waals surface area contributed by atoms with Crippen LogP contribution in [0.5, 0.6) is 11.5 Å². The summed E-state index contributed by atoms with van der Waals surface area (Å²) < 4.78 is 15.5. The predicted octanol–water partition coefficient (Wildman–Crippen LogP) is 6.74. The minimum Gasteiger partial charge on any atom is -0.494 e. The number of benzene rings is 3. The first-order valence-electron chi connectivity index (χ1n) is 14.9. The molecule has 3 aromatic heterocycles. The highest BCUT2D eigenvalue weighted by molar-refractivity contribution is 7.15. The number of para-hydroxylation sites is 1. The molecule has 8 nitrogen and oxygen atoms in total. The molecule has 0 spiro atoms. The molecule has 0 bridgehead atoms. The van der Waals surface area contributed by atoms with Crippen LogP contribution in [0.15, 0.2) is 83.8 Å². The van der Waals surface area contributed by atoms with E-state index in [0.717, 1.165) is 58.0 Å². The highest BCUT2D eigenvalue weighted by Gasteiger charge is 2.16. The molecule has 0 radical (unpaired) electrons. The number of thiazole rings is 1. The Labute approximate surface area is 260 Å². The molecule has 0 saturated heterocycles. The lowest BCUT2D eigenvalue weighted by Gasteiger charge is -2.11. The van der Waals surface area contributed by atoms with Gasteiger partial charge in [-0.05, 0) is 91.9 Å². The van der Waals surface area contributed by atoms with Crippen LogP contribution in [0.2, 0.25) is 0 Å². The summed E-state index contributed by atoms with van der Waals surface area (Å²) in [5.41, 5.74) is 5.12. The van der Waals surface area contributed by atoms with Gasteiger partial charge in [0.25, 0.3) is 5.56 Å². The molecule has 0 amide bonds. The molecular weight excluding hydrogens is 570 g/mol. The van der Waals surface area contributed by atoms with Crippen molar-refractivity contribution in [2.75, 3.05) is 13.2 Å². The third kappa shape index (κ3) is 6.28. The van der Waals surface area contributed by atoms with Crippen LogP contribution in [-0.4, -0.2) is 37.6 Å². The summed E-state index contributed by atoms with van der Waals surface area (Å²) >= 11 is 1.31. The van der Waals surface area contributed by atoms with E-state index < -0.39 is 0 Å². The Kier molecular flexibility index (Phi) is 8.56. The molecular formula is C35H35N5O3S. The second kappa shape index (κ2) is 12.9. The van der Waals surface area contributed by atoms with E-state index in [1.165, 1.54) is 15.9 Å². The number of fused-ring (bicyclic) bond motifs is 1. The van der Waals surface area contributed by atoms with E-state index in [1.807, 2.05) is 90.6 Å². The van der Waals surface area contributed by atoms with Crippen molar-refractivity contribution in [2.45, 2.75) is 40.5 Å². The smallest absolute Gasteiger partial charge is 0.291 e. The molecule has 0 atom stereocenters. The Hall–Kier alpha value is -4.76. The molecule has 0 aliphatic carbocycles. The Morgan fingerprint density at radius 1 is 0.932 bits per heavy atom. The van der Waals surface area contributed by atoms with E-state index >= 15 is 0 Å². The number of nitrogens with zero attached hydrogens (tertiary/aromatic N) is 5. The number of aryl methyl sites for hydroxylation is 1. The van der Waals surface area contributed by atoms with Gasteiger partial charge in [-0.25, -0.2) is 4.68 Å². The van der Waals surface area contributed by atoms with Crippen LogP contribution in [-0.2, 0) is 0 Å². The molecule has 0 N–H and O–H groups in total. The van der Waals surface area contributed by atoms with Gasteiger partial charge in [0.1, 0.15) is 17.2 Å². The van der Waals surface area contributed by atoms with Gasteiger partial charge in [-0.3, -0.25) is 4.79 Å². The second-order valence-corrected chi connectivity index (χ2v) is 12.2. The summed E-state index contributed by atoms with van der Waals surface area (Å²) in [6, 6.07) is 23.7. The van der Waals surface area contributed by atoms with E-state index in [1.54, 1.807) is 0 Å². The maximum atomic E-state index is 13.5. The van der Waals surface area contributed by atoms with Gasteiger partial charge in [-0.2, -0.15) is 14.6 Å². The van der Waals surface area contributed by atoms with E-state index in [-0.39, 0.29) is 5.56 Å². The largest absolute Gasteiger partial charge is 0.494 e. The standard InChI is InChI=1S/C35H35N5O3S/c1-5-18-42-29-14-11-25(12-15-29)33-36-35-40(38-33)34(41)31(44-35)21-27-22-39(28-9-7-6-8-10-28)37-32(27)26-13-16-30(24(4)20-26)43-19-17-23(2)3/h6-16,20-23H,5,17-19H2,1-4H3/b31-21-. The molecule has 0 fully saturated rings. The van der Waals surface area contributed by atoms with Crippen LogP contribution in [0.25, 0.3) is 39.4 Å². The summed E-state index contributed by atoms with van der Waals surface area (Å²) in [7, 11) is 0. The van der Waals surface area contributed by atoms with Gasteiger partial charge < -0.3 is 9.47 Å². The van der Waals surface area contributed by atoms with Crippen molar-refractivity contribution < 1.29 is 9.47 Å². The topological polar surface area (TPSA) is 83.5 Å². The number of hydrogen-bond donors (Lipinski definition) is 0. The van der Waals surface area contributed by atoms with Crippen molar-refractivity contribution in [3.8, 4) is 39.8 Å². The van der Waals surface area contributed by atoms with Gasteiger partial charge >= 0.3 is 0 Å². The van der Waals surface area contributed by atoms with Crippen molar-refractivity contribution >= 4 is 22.4 Å². The van der Waals surface area contributed by atoms with E-state index in [0.29, 0.717) is 34.4 Å². The van der Waals surface area contributed by atoms with Gasteiger partial charge in [0.05, 0.1) is 23.4 Å². The summed E-state index contributed by atoms with van der Waals surface area (Å²) in [6.07, 6.45) is 5.78. The van der Waals surface area contributed by atoms with Crippen LogP contribution < -0.4 is 19.6 Å². The van der Waals surface area contributed by atoms with E-state index in [2.05, 4.69) is 36.9 Å². The van der Waals surface area contributed by atoms with Crippen LogP contribution in [0.4, 0.5) is 0 Å². The zero-order chi connectivity index (χ0) is 30.6. The van der Waals surface area contributed by atoms with Gasteiger partial charge in [-0.1, -0.05) is 50.3 Å². The highest BCUT2D eigenvalue weighted by Crippen LogP contribution is 2.29. The Bertz CT molecular complexity index is 1990. The van der Waals surface area contributed by atoms with Gasteiger partial charge in [-0.15, -0.1) is 5.10 Å². The fourth-order valence-corrected chi connectivity index (χ4v) is 5.71. The van der Waals surface area contributed by atoms with Crippen molar-refractivity contribution in [3.63, 3.8) is 0 Å². The maximum Gasteiger partial charge on any atom is 0.291 e. The van der Waals surface area contributed by atoms with Gasteiger partial charge in [0, 0.05) is 22.9 Å². The zero-order valence-corrected chi connectivity index (χ0v) is 26.2. The van der Waals surface area contributed by atoms with Crippen LogP contribution in [0, 0.1) is 12.8 Å². The van der Waals surface area contributed by atoms with Gasteiger partial charge in [0.15, 0.2) is 5.82 Å². The lowest BCUT2D eigenvalue weighted by Crippen LogP contribution is -2.23. The SMILES string of the molecule is CCCOc1ccc(-c2nc3s/c(=C\c4cn(-c5ccccc5)nc4-c4ccc(OCCC(C)C)c(C)c4)c(=O)n3n2)cc1. The molecule has 9 heteroatoms. The first kappa shape index (κ1) is 29.3. The average molecular weight is 606 g/mol. The summed E-state index contributed by atoms with van der Waals surface area (Å²) in [5.74, 6) is 2.76. The fraction of sp³-hybridized carbons (Fsp3) is 0.257. The Balaban J connectivity index is 1.36. The quantitative estimate of drug-likeness (QED) is 0.163. The summed E-state index contributed by atoms with van der Waals surface area (Å²) in [4.78, 5) is 18.7.